The van der Waals surface area contributed by atoms with E-state index in [9.17, 15) is 9.90 Å². The average Bonchev–Trinajstić information content (AvgIpc) is 2.81. The predicted octanol–water partition coefficient (Wildman–Crippen LogP) is 2.12. The van der Waals surface area contributed by atoms with E-state index in [0.717, 1.165) is 11.3 Å². The van der Waals surface area contributed by atoms with Gasteiger partial charge in [0.05, 0.1) is 11.5 Å². The van der Waals surface area contributed by atoms with Crippen LogP contribution in [-0.4, -0.2) is 21.7 Å². The van der Waals surface area contributed by atoms with Crippen molar-refractivity contribution in [2.45, 2.75) is 25.7 Å². The number of H-pyrrole nitrogens is 1. The number of para-hydroxylation sites is 1. The van der Waals surface area contributed by atoms with E-state index in [1.807, 2.05) is 38.1 Å². The molecule has 0 saturated carbocycles. The Balaban J connectivity index is 2.07. The minimum atomic E-state index is -0.285. The fourth-order valence-electron chi connectivity index (χ4n) is 2.56. The van der Waals surface area contributed by atoms with Crippen molar-refractivity contribution in [3.63, 3.8) is 0 Å². The fourth-order valence-corrected chi connectivity index (χ4v) is 2.56. The monoisotopic (exact) mass is 272 g/mol. The summed E-state index contributed by atoms with van der Waals surface area (Å²) in [5.41, 5.74) is 1.01. The van der Waals surface area contributed by atoms with Gasteiger partial charge in [0, 0.05) is 5.56 Å². The Morgan fingerprint density at radius 2 is 2.15 bits per heavy atom. The van der Waals surface area contributed by atoms with E-state index in [0.29, 0.717) is 18.0 Å². The molecule has 1 unspecified atom stereocenters. The molecule has 1 atom stereocenters. The molecule has 0 radical (unpaired) electrons. The number of hydrogen-bond donors (Lipinski definition) is 2. The van der Waals surface area contributed by atoms with Gasteiger partial charge in [-0.25, -0.2) is 0 Å². The molecule has 0 aliphatic carbocycles. The number of aromatic nitrogens is 2. The lowest BCUT2D eigenvalue weighted by Gasteiger charge is -2.11. The van der Waals surface area contributed by atoms with Gasteiger partial charge in [-0.3, -0.25) is 4.79 Å². The summed E-state index contributed by atoms with van der Waals surface area (Å²) in [5, 5.41) is 9.98. The Hall–Kier alpha value is -2.30. The van der Waals surface area contributed by atoms with E-state index in [-0.39, 0.29) is 23.3 Å². The molecule has 2 aromatic rings. The lowest BCUT2D eigenvalue weighted by atomic mass is 10.00. The molecule has 3 rings (SSSR count). The Morgan fingerprint density at radius 3 is 2.85 bits per heavy atom. The standard InChI is InChI=1S/C15H16N2O3/c1-8(2)12-14(18)16-13(17-15(12)19)10-7-20-11-6-4-3-5-9(10)11/h3-6,8,10H,7H2,1-2H3,(H2,16,17,18,19). The van der Waals surface area contributed by atoms with Gasteiger partial charge in [-0.2, -0.15) is 4.98 Å². The largest absolute Gasteiger partial charge is 0.493 e. The predicted molar refractivity (Wildman–Crippen MR) is 74.4 cm³/mol. The topological polar surface area (TPSA) is 75.2 Å². The van der Waals surface area contributed by atoms with Gasteiger partial charge in [0.25, 0.3) is 5.56 Å². The molecule has 5 nitrogen and oxygen atoms in total. The van der Waals surface area contributed by atoms with Crippen LogP contribution < -0.4 is 10.3 Å². The molecule has 1 aliphatic heterocycles. The van der Waals surface area contributed by atoms with E-state index >= 15 is 0 Å². The van der Waals surface area contributed by atoms with E-state index in [4.69, 9.17) is 4.74 Å². The fraction of sp³-hybridized carbons (Fsp3) is 0.333. The van der Waals surface area contributed by atoms with Crippen LogP contribution in [0.25, 0.3) is 0 Å². The molecule has 5 heteroatoms. The van der Waals surface area contributed by atoms with Crippen LogP contribution in [0.4, 0.5) is 0 Å². The summed E-state index contributed by atoms with van der Waals surface area (Å²) in [5.74, 6) is 0.830. The van der Waals surface area contributed by atoms with Crippen LogP contribution >= 0.6 is 0 Å². The van der Waals surface area contributed by atoms with E-state index in [1.165, 1.54) is 0 Å². The molecule has 1 aromatic carbocycles. The van der Waals surface area contributed by atoms with Gasteiger partial charge in [-0.05, 0) is 12.0 Å². The molecule has 0 fully saturated rings. The number of aromatic amines is 1. The van der Waals surface area contributed by atoms with Gasteiger partial charge < -0.3 is 14.8 Å². The number of hydrogen-bond acceptors (Lipinski definition) is 4. The van der Waals surface area contributed by atoms with Crippen LogP contribution in [0.3, 0.4) is 0 Å². The Labute approximate surface area is 116 Å². The van der Waals surface area contributed by atoms with E-state index in [2.05, 4.69) is 9.97 Å². The van der Waals surface area contributed by atoms with Crippen molar-refractivity contribution in [3.8, 4) is 11.6 Å². The first kappa shape index (κ1) is 12.7. The van der Waals surface area contributed by atoms with E-state index in [1.54, 1.807) is 0 Å². The minimum Gasteiger partial charge on any atom is -0.493 e. The molecule has 0 spiro atoms. The first-order valence-electron chi connectivity index (χ1n) is 6.62. The van der Waals surface area contributed by atoms with E-state index < -0.39 is 0 Å². The van der Waals surface area contributed by atoms with Crippen molar-refractivity contribution >= 4 is 0 Å². The van der Waals surface area contributed by atoms with Gasteiger partial charge in [-0.15, -0.1) is 0 Å². The Bertz CT molecular complexity index is 707. The lowest BCUT2D eigenvalue weighted by molar-refractivity contribution is 0.338. The summed E-state index contributed by atoms with van der Waals surface area (Å²) in [4.78, 5) is 19.0. The number of ether oxygens (including phenoxy) is 1. The summed E-state index contributed by atoms with van der Waals surface area (Å²) in [6.07, 6.45) is 0. The second-order valence-electron chi connectivity index (χ2n) is 5.24. The third-order valence-electron chi connectivity index (χ3n) is 3.56. The van der Waals surface area contributed by atoms with Crippen LogP contribution in [0.2, 0.25) is 0 Å². The highest BCUT2D eigenvalue weighted by Gasteiger charge is 2.28. The summed E-state index contributed by atoms with van der Waals surface area (Å²) in [6.45, 7) is 4.11. The summed E-state index contributed by atoms with van der Waals surface area (Å²) < 4.78 is 5.58. The summed E-state index contributed by atoms with van der Waals surface area (Å²) in [6, 6.07) is 7.65. The zero-order chi connectivity index (χ0) is 14.3. The quantitative estimate of drug-likeness (QED) is 0.878. The number of nitrogens with zero attached hydrogens (tertiary/aromatic N) is 1. The molecule has 20 heavy (non-hydrogen) atoms. The molecule has 0 bridgehead atoms. The first-order valence-corrected chi connectivity index (χ1v) is 6.62. The molecule has 0 saturated heterocycles. The Morgan fingerprint density at radius 1 is 1.40 bits per heavy atom. The highest BCUT2D eigenvalue weighted by molar-refractivity contribution is 5.43. The van der Waals surface area contributed by atoms with Crippen molar-refractivity contribution in [1.82, 2.24) is 9.97 Å². The maximum atomic E-state index is 12.1. The maximum Gasteiger partial charge on any atom is 0.258 e. The molecule has 2 N–H and O–H groups in total. The highest BCUT2D eigenvalue weighted by Crippen LogP contribution is 2.36. The third kappa shape index (κ3) is 1.95. The molecule has 2 heterocycles. The maximum absolute atomic E-state index is 12.1. The SMILES string of the molecule is CC(C)c1c(O)nc(C2COc3ccccc32)[nH]c1=O. The van der Waals surface area contributed by atoms with Gasteiger partial charge >= 0.3 is 0 Å². The number of fused-ring (bicyclic) bond motifs is 1. The molecule has 104 valence electrons. The van der Waals surface area contributed by atoms with Crippen LogP contribution in [0.5, 0.6) is 11.6 Å². The van der Waals surface area contributed by atoms with Crippen LogP contribution in [0, 0.1) is 0 Å². The minimum absolute atomic E-state index is 0.0765. The van der Waals surface area contributed by atoms with Crippen molar-refractivity contribution < 1.29 is 9.84 Å². The molecular weight excluding hydrogens is 256 g/mol. The molecular formula is C15H16N2O3. The first-order chi connectivity index (χ1) is 9.58. The number of rotatable bonds is 2. The molecule has 1 aliphatic rings. The van der Waals surface area contributed by atoms with Crippen molar-refractivity contribution in [2.24, 2.45) is 0 Å². The van der Waals surface area contributed by atoms with Crippen LogP contribution in [0.15, 0.2) is 29.1 Å². The average molecular weight is 272 g/mol. The highest BCUT2D eigenvalue weighted by atomic mass is 16.5. The Kier molecular flexibility index (Phi) is 2.97. The molecule has 1 aromatic heterocycles. The second kappa shape index (κ2) is 4.67. The smallest absolute Gasteiger partial charge is 0.258 e. The zero-order valence-corrected chi connectivity index (χ0v) is 11.4. The van der Waals surface area contributed by atoms with Crippen molar-refractivity contribution in [2.75, 3.05) is 6.61 Å². The zero-order valence-electron chi connectivity index (χ0n) is 11.4. The van der Waals surface area contributed by atoms with Gasteiger partial charge in [0.2, 0.25) is 5.88 Å². The van der Waals surface area contributed by atoms with Crippen molar-refractivity contribution in [1.29, 1.82) is 0 Å². The van der Waals surface area contributed by atoms with Gasteiger partial charge in [0.1, 0.15) is 18.2 Å². The van der Waals surface area contributed by atoms with Crippen molar-refractivity contribution in [3.05, 3.63) is 51.6 Å². The summed E-state index contributed by atoms with van der Waals surface area (Å²) in [7, 11) is 0. The lowest BCUT2D eigenvalue weighted by Crippen LogP contribution is -2.20. The summed E-state index contributed by atoms with van der Waals surface area (Å²) >= 11 is 0. The number of nitrogens with one attached hydrogen (secondary N) is 1. The number of aromatic hydroxyl groups is 1. The van der Waals surface area contributed by atoms with Gasteiger partial charge in [-0.1, -0.05) is 32.0 Å². The van der Waals surface area contributed by atoms with Gasteiger partial charge in [0.15, 0.2) is 0 Å². The number of benzene rings is 1. The third-order valence-corrected chi connectivity index (χ3v) is 3.56. The van der Waals surface area contributed by atoms with Crippen LogP contribution in [-0.2, 0) is 0 Å². The van der Waals surface area contributed by atoms with Crippen LogP contribution in [0.1, 0.15) is 42.6 Å². The molecule has 0 amide bonds. The second-order valence-corrected chi connectivity index (χ2v) is 5.24. The normalized spacial score (nSPS) is 17.1.